The van der Waals surface area contributed by atoms with Gasteiger partial charge < -0.3 is 5.32 Å². The Morgan fingerprint density at radius 1 is 1.16 bits per heavy atom. The van der Waals surface area contributed by atoms with Crippen molar-refractivity contribution >= 4 is 45.7 Å². The number of hydrogen-bond donors (Lipinski definition) is 2. The second-order valence-corrected chi connectivity index (χ2v) is 6.80. The van der Waals surface area contributed by atoms with Crippen molar-refractivity contribution < 1.29 is 9.18 Å². The SMILES string of the molecule is O=C(NCc1ccc(F)cc1)Nc1nc(-c2cc(Cl)ccc2Cl)cs1. The van der Waals surface area contributed by atoms with Gasteiger partial charge in [0.25, 0.3) is 0 Å². The summed E-state index contributed by atoms with van der Waals surface area (Å²) < 4.78 is 12.8. The molecule has 0 saturated carbocycles. The molecule has 0 aliphatic rings. The van der Waals surface area contributed by atoms with Crippen LogP contribution < -0.4 is 10.6 Å². The van der Waals surface area contributed by atoms with Gasteiger partial charge in [0.1, 0.15) is 5.82 Å². The lowest BCUT2D eigenvalue weighted by Gasteiger charge is -2.05. The maximum absolute atomic E-state index is 12.8. The molecule has 0 radical (unpaired) electrons. The van der Waals surface area contributed by atoms with Crippen LogP contribution in [0.1, 0.15) is 5.56 Å². The van der Waals surface area contributed by atoms with Crippen LogP contribution in [0.25, 0.3) is 11.3 Å². The number of aromatic nitrogens is 1. The standard InChI is InChI=1S/C17H12Cl2FN3OS/c18-11-3-6-14(19)13(7-11)15-9-25-17(22-15)23-16(24)21-8-10-1-4-12(20)5-2-10/h1-7,9H,8H2,(H2,21,22,23,24). The molecule has 3 aromatic rings. The molecule has 2 N–H and O–H groups in total. The summed E-state index contributed by atoms with van der Waals surface area (Å²) in [5.74, 6) is -0.316. The van der Waals surface area contributed by atoms with Gasteiger partial charge in [-0.1, -0.05) is 35.3 Å². The third-order valence-electron chi connectivity index (χ3n) is 3.30. The summed E-state index contributed by atoms with van der Waals surface area (Å²) in [5.41, 5.74) is 2.12. The second kappa shape index (κ2) is 7.82. The van der Waals surface area contributed by atoms with Crippen LogP contribution in [0.5, 0.6) is 0 Å². The zero-order valence-electron chi connectivity index (χ0n) is 12.7. The maximum atomic E-state index is 12.8. The van der Waals surface area contributed by atoms with E-state index in [4.69, 9.17) is 23.2 Å². The lowest BCUT2D eigenvalue weighted by molar-refractivity contribution is 0.251. The summed E-state index contributed by atoms with van der Waals surface area (Å²) in [6.07, 6.45) is 0. The molecule has 1 aromatic heterocycles. The molecule has 2 aromatic carbocycles. The predicted octanol–water partition coefficient (Wildman–Crippen LogP) is 5.58. The van der Waals surface area contributed by atoms with E-state index < -0.39 is 6.03 Å². The molecule has 0 unspecified atom stereocenters. The number of benzene rings is 2. The normalized spacial score (nSPS) is 10.5. The Hall–Kier alpha value is -2.15. The first kappa shape index (κ1) is 17.7. The molecule has 25 heavy (non-hydrogen) atoms. The number of thiazole rings is 1. The molecule has 0 bridgehead atoms. The van der Waals surface area contributed by atoms with Crippen LogP contribution >= 0.6 is 34.5 Å². The maximum Gasteiger partial charge on any atom is 0.321 e. The monoisotopic (exact) mass is 395 g/mol. The van der Waals surface area contributed by atoms with Crippen LogP contribution in [0.4, 0.5) is 14.3 Å². The summed E-state index contributed by atoms with van der Waals surface area (Å²) >= 11 is 13.4. The zero-order chi connectivity index (χ0) is 17.8. The van der Waals surface area contributed by atoms with Crippen molar-refractivity contribution in [2.24, 2.45) is 0 Å². The van der Waals surface area contributed by atoms with E-state index in [2.05, 4.69) is 15.6 Å². The van der Waals surface area contributed by atoms with Crippen LogP contribution in [0.3, 0.4) is 0 Å². The number of nitrogens with zero attached hydrogens (tertiary/aromatic N) is 1. The van der Waals surface area contributed by atoms with Gasteiger partial charge in [0.05, 0.1) is 10.7 Å². The minimum atomic E-state index is -0.401. The average Bonchev–Trinajstić information content (AvgIpc) is 3.05. The quantitative estimate of drug-likeness (QED) is 0.605. The molecule has 0 spiro atoms. The molecule has 0 aliphatic heterocycles. The molecule has 0 atom stereocenters. The number of urea groups is 1. The first-order valence-electron chi connectivity index (χ1n) is 7.21. The van der Waals surface area contributed by atoms with E-state index in [1.165, 1.54) is 23.5 Å². The van der Waals surface area contributed by atoms with Crippen molar-refractivity contribution in [2.75, 3.05) is 5.32 Å². The fourth-order valence-corrected chi connectivity index (χ4v) is 3.17. The summed E-state index contributed by atoms with van der Waals surface area (Å²) in [6, 6.07) is 10.6. The molecule has 128 valence electrons. The molecule has 3 rings (SSSR count). The number of carbonyl (C=O) groups excluding carboxylic acids is 1. The third kappa shape index (κ3) is 4.69. The number of carbonyl (C=O) groups is 1. The Morgan fingerprint density at radius 3 is 2.68 bits per heavy atom. The van der Waals surface area contributed by atoms with E-state index >= 15 is 0 Å². The smallest absolute Gasteiger partial charge is 0.321 e. The van der Waals surface area contributed by atoms with E-state index in [1.54, 1.807) is 35.7 Å². The number of halogens is 3. The fraction of sp³-hybridized carbons (Fsp3) is 0.0588. The molecular formula is C17H12Cl2FN3OS. The van der Waals surface area contributed by atoms with Crippen LogP contribution in [0.15, 0.2) is 47.8 Å². The Balaban J connectivity index is 1.62. The Labute approximate surface area is 157 Å². The summed E-state index contributed by atoms with van der Waals surface area (Å²) in [7, 11) is 0. The van der Waals surface area contributed by atoms with E-state index in [0.717, 1.165) is 5.56 Å². The number of rotatable bonds is 4. The van der Waals surface area contributed by atoms with Crippen LogP contribution in [0, 0.1) is 5.82 Å². The topological polar surface area (TPSA) is 54.0 Å². The van der Waals surface area contributed by atoms with Gasteiger partial charge in [-0.05, 0) is 35.9 Å². The molecule has 0 fully saturated rings. The van der Waals surface area contributed by atoms with E-state index in [-0.39, 0.29) is 12.4 Å². The van der Waals surface area contributed by atoms with E-state index in [9.17, 15) is 9.18 Å². The van der Waals surface area contributed by atoms with Crippen molar-refractivity contribution in [3.63, 3.8) is 0 Å². The van der Waals surface area contributed by atoms with E-state index in [0.29, 0.717) is 26.4 Å². The van der Waals surface area contributed by atoms with Crippen LogP contribution in [-0.4, -0.2) is 11.0 Å². The van der Waals surface area contributed by atoms with Gasteiger partial charge >= 0.3 is 6.03 Å². The number of hydrogen-bond acceptors (Lipinski definition) is 3. The highest BCUT2D eigenvalue weighted by molar-refractivity contribution is 7.14. The van der Waals surface area contributed by atoms with Gasteiger partial charge in [-0.2, -0.15) is 0 Å². The van der Waals surface area contributed by atoms with E-state index in [1.807, 2.05) is 0 Å². The molecular weight excluding hydrogens is 384 g/mol. The summed E-state index contributed by atoms with van der Waals surface area (Å²) in [4.78, 5) is 16.3. The van der Waals surface area contributed by atoms with Gasteiger partial charge in [-0.25, -0.2) is 14.2 Å². The zero-order valence-corrected chi connectivity index (χ0v) is 15.1. The lowest BCUT2D eigenvalue weighted by Crippen LogP contribution is -2.28. The Morgan fingerprint density at radius 2 is 1.92 bits per heavy atom. The fourth-order valence-electron chi connectivity index (χ4n) is 2.07. The number of nitrogens with one attached hydrogen (secondary N) is 2. The predicted molar refractivity (Wildman–Crippen MR) is 99.8 cm³/mol. The lowest BCUT2D eigenvalue weighted by atomic mass is 10.2. The van der Waals surface area contributed by atoms with Gasteiger partial charge in [0.2, 0.25) is 0 Å². The summed E-state index contributed by atoms with van der Waals surface area (Å²) in [5, 5.41) is 8.64. The van der Waals surface area contributed by atoms with Crippen molar-refractivity contribution in [1.29, 1.82) is 0 Å². The molecule has 4 nitrogen and oxygen atoms in total. The van der Waals surface area contributed by atoms with Crippen molar-refractivity contribution in [2.45, 2.75) is 6.54 Å². The Bertz CT molecular complexity index is 899. The largest absolute Gasteiger partial charge is 0.334 e. The first-order valence-corrected chi connectivity index (χ1v) is 8.85. The highest BCUT2D eigenvalue weighted by Crippen LogP contribution is 2.32. The molecule has 0 saturated heterocycles. The van der Waals surface area contributed by atoms with Crippen LogP contribution in [-0.2, 0) is 6.54 Å². The molecule has 2 amide bonds. The van der Waals surface area contributed by atoms with Gasteiger partial charge in [0, 0.05) is 22.5 Å². The van der Waals surface area contributed by atoms with Crippen molar-refractivity contribution in [1.82, 2.24) is 10.3 Å². The van der Waals surface area contributed by atoms with Gasteiger partial charge in [-0.3, -0.25) is 5.32 Å². The molecule has 1 heterocycles. The van der Waals surface area contributed by atoms with Crippen LogP contribution in [0.2, 0.25) is 10.0 Å². The Kier molecular flexibility index (Phi) is 5.53. The first-order chi connectivity index (χ1) is 12.0. The van der Waals surface area contributed by atoms with Crippen molar-refractivity contribution in [3.8, 4) is 11.3 Å². The highest BCUT2D eigenvalue weighted by atomic mass is 35.5. The second-order valence-electron chi connectivity index (χ2n) is 5.10. The molecule has 8 heteroatoms. The van der Waals surface area contributed by atoms with Gasteiger partial charge in [0.15, 0.2) is 5.13 Å². The summed E-state index contributed by atoms with van der Waals surface area (Å²) in [6.45, 7) is 0.282. The average molecular weight is 396 g/mol. The number of anilines is 1. The minimum Gasteiger partial charge on any atom is -0.334 e. The van der Waals surface area contributed by atoms with Gasteiger partial charge in [-0.15, -0.1) is 11.3 Å². The highest BCUT2D eigenvalue weighted by Gasteiger charge is 2.11. The third-order valence-corrected chi connectivity index (χ3v) is 4.62. The number of amides is 2. The molecule has 0 aliphatic carbocycles. The minimum absolute atomic E-state index is 0.282. The van der Waals surface area contributed by atoms with Crippen molar-refractivity contribution in [3.05, 3.63) is 69.3 Å².